The van der Waals surface area contributed by atoms with Gasteiger partial charge >= 0.3 is 5.97 Å². The highest BCUT2D eigenvalue weighted by Crippen LogP contribution is 2.20. The number of hydrogen-bond acceptors (Lipinski definition) is 4. The number of carboxylic acid groups (broad SMARTS) is 1. The summed E-state index contributed by atoms with van der Waals surface area (Å²) in [7, 11) is 2.12. The van der Waals surface area contributed by atoms with Crippen molar-refractivity contribution in [3.63, 3.8) is 0 Å². The molecule has 5 nitrogen and oxygen atoms in total. The SMILES string of the molecule is CN1CCCC1CCOc1cccnc1C(=O)O. The van der Waals surface area contributed by atoms with Gasteiger partial charge in [0.25, 0.3) is 0 Å². The summed E-state index contributed by atoms with van der Waals surface area (Å²) in [6.07, 6.45) is 4.80. The summed E-state index contributed by atoms with van der Waals surface area (Å²) >= 11 is 0. The van der Waals surface area contributed by atoms with E-state index in [4.69, 9.17) is 9.84 Å². The molecule has 0 radical (unpaired) electrons. The first-order chi connectivity index (χ1) is 8.68. The molecule has 2 heterocycles. The molecule has 1 aliphatic heterocycles. The van der Waals surface area contributed by atoms with Crippen molar-refractivity contribution < 1.29 is 14.6 Å². The van der Waals surface area contributed by atoms with Crippen molar-refractivity contribution in [3.05, 3.63) is 24.0 Å². The van der Waals surface area contributed by atoms with Gasteiger partial charge in [0.1, 0.15) is 0 Å². The molecule has 0 bridgehead atoms. The fourth-order valence-corrected chi connectivity index (χ4v) is 2.32. The number of aromatic carboxylic acids is 1. The summed E-state index contributed by atoms with van der Waals surface area (Å²) in [6, 6.07) is 3.88. The van der Waals surface area contributed by atoms with Crippen molar-refractivity contribution in [2.75, 3.05) is 20.2 Å². The highest BCUT2D eigenvalue weighted by Gasteiger charge is 2.20. The van der Waals surface area contributed by atoms with Crippen LogP contribution in [0.25, 0.3) is 0 Å². The fourth-order valence-electron chi connectivity index (χ4n) is 2.32. The maximum absolute atomic E-state index is 10.9. The van der Waals surface area contributed by atoms with E-state index in [9.17, 15) is 4.79 Å². The highest BCUT2D eigenvalue weighted by atomic mass is 16.5. The molecule has 1 aromatic rings. The second-order valence-corrected chi connectivity index (χ2v) is 4.57. The van der Waals surface area contributed by atoms with Crippen molar-refractivity contribution in [1.82, 2.24) is 9.88 Å². The molecule has 0 amide bonds. The molecule has 1 unspecified atom stereocenters. The zero-order chi connectivity index (χ0) is 13.0. The van der Waals surface area contributed by atoms with Crippen molar-refractivity contribution in [2.24, 2.45) is 0 Å². The lowest BCUT2D eigenvalue weighted by molar-refractivity contribution is 0.0685. The van der Waals surface area contributed by atoms with E-state index in [1.54, 1.807) is 12.1 Å². The Kier molecular flexibility index (Phi) is 4.15. The van der Waals surface area contributed by atoms with Gasteiger partial charge in [-0.15, -0.1) is 0 Å². The molecule has 1 fully saturated rings. The van der Waals surface area contributed by atoms with Crippen LogP contribution >= 0.6 is 0 Å². The topological polar surface area (TPSA) is 62.7 Å². The van der Waals surface area contributed by atoms with Crippen molar-refractivity contribution >= 4 is 5.97 Å². The molecular formula is C13H18N2O3. The van der Waals surface area contributed by atoms with E-state index in [0.717, 1.165) is 13.0 Å². The predicted molar refractivity (Wildman–Crippen MR) is 67.0 cm³/mol. The van der Waals surface area contributed by atoms with Gasteiger partial charge in [-0.1, -0.05) is 0 Å². The van der Waals surface area contributed by atoms with E-state index in [0.29, 0.717) is 18.4 Å². The summed E-state index contributed by atoms with van der Waals surface area (Å²) in [6.45, 7) is 1.67. The normalized spacial score (nSPS) is 19.9. The van der Waals surface area contributed by atoms with E-state index in [1.165, 1.54) is 19.0 Å². The first-order valence-corrected chi connectivity index (χ1v) is 6.20. The van der Waals surface area contributed by atoms with Crippen LogP contribution in [0.4, 0.5) is 0 Å². The number of carboxylic acids is 1. The Hall–Kier alpha value is -1.62. The van der Waals surface area contributed by atoms with Crippen LogP contribution in [-0.4, -0.2) is 47.2 Å². The van der Waals surface area contributed by atoms with E-state index in [2.05, 4.69) is 16.9 Å². The average molecular weight is 250 g/mol. The van der Waals surface area contributed by atoms with Crippen LogP contribution in [0, 0.1) is 0 Å². The van der Waals surface area contributed by atoms with Crippen molar-refractivity contribution in [1.29, 1.82) is 0 Å². The van der Waals surface area contributed by atoms with Gasteiger partial charge in [0, 0.05) is 12.2 Å². The Balaban J connectivity index is 1.88. The highest BCUT2D eigenvalue weighted by molar-refractivity contribution is 5.88. The first-order valence-electron chi connectivity index (χ1n) is 6.20. The third kappa shape index (κ3) is 2.98. The van der Waals surface area contributed by atoms with Crippen molar-refractivity contribution in [2.45, 2.75) is 25.3 Å². The molecule has 0 aromatic carbocycles. The standard InChI is InChI=1S/C13H18N2O3/c1-15-8-3-4-10(15)6-9-18-11-5-2-7-14-12(11)13(16)17/h2,5,7,10H,3-4,6,8-9H2,1H3,(H,16,17). The Bertz CT molecular complexity index is 422. The van der Waals surface area contributed by atoms with Crippen LogP contribution in [0.3, 0.4) is 0 Å². The fraction of sp³-hybridized carbons (Fsp3) is 0.538. The van der Waals surface area contributed by atoms with Gasteiger partial charge in [0.05, 0.1) is 6.61 Å². The van der Waals surface area contributed by atoms with E-state index < -0.39 is 5.97 Å². The van der Waals surface area contributed by atoms with E-state index in [-0.39, 0.29) is 5.69 Å². The van der Waals surface area contributed by atoms with Crippen LogP contribution in [0.5, 0.6) is 5.75 Å². The molecule has 1 N–H and O–H groups in total. The minimum absolute atomic E-state index is 0.0164. The zero-order valence-electron chi connectivity index (χ0n) is 10.5. The third-order valence-electron chi connectivity index (χ3n) is 3.35. The number of carbonyl (C=O) groups is 1. The maximum atomic E-state index is 10.9. The minimum Gasteiger partial charge on any atom is -0.491 e. The first kappa shape index (κ1) is 12.8. The quantitative estimate of drug-likeness (QED) is 0.860. The average Bonchev–Trinajstić information content (AvgIpc) is 2.76. The molecule has 1 saturated heterocycles. The Morgan fingerprint density at radius 3 is 3.17 bits per heavy atom. The van der Waals surface area contributed by atoms with Crippen LogP contribution < -0.4 is 4.74 Å². The lowest BCUT2D eigenvalue weighted by Crippen LogP contribution is -2.26. The summed E-state index contributed by atoms with van der Waals surface area (Å²) in [5.74, 6) is -0.700. The molecule has 1 atom stereocenters. The molecule has 2 rings (SSSR count). The van der Waals surface area contributed by atoms with Crippen LogP contribution in [0.1, 0.15) is 29.8 Å². The number of pyridine rings is 1. The number of likely N-dealkylation sites (tertiary alicyclic amines) is 1. The van der Waals surface area contributed by atoms with Gasteiger partial charge in [0.15, 0.2) is 11.4 Å². The van der Waals surface area contributed by atoms with Crippen LogP contribution in [0.15, 0.2) is 18.3 Å². The molecule has 0 aliphatic carbocycles. The van der Waals surface area contributed by atoms with Gasteiger partial charge in [-0.3, -0.25) is 0 Å². The Morgan fingerprint density at radius 2 is 2.50 bits per heavy atom. The second-order valence-electron chi connectivity index (χ2n) is 4.57. The Morgan fingerprint density at radius 1 is 1.67 bits per heavy atom. The summed E-state index contributed by atoms with van der Waals surface area (Å²) < 4.78 is 5.54. The molecule has 18 heavy (non-hydrogen) atoms. The van der Waals surface area contributed by atoms with Crippen LogP contribution in [0.2, 0.25) is 0 Å². The molecule has 0 spiro atoms. The van der Waals surface area contributed by atoms with Gasteiger partial charge in [0.2, 0.25) is 0 Å². The molecule has 5 heteroatoms. The molecule has 0 saturated carbocycles. The number of hydrogen-bond donors (Lipinski definition) is 1. The number of rotatable bonds is 5. The summed E-state index contributed by atoms with van der Waals surface area (Å²) in [5, 5.41) is 8.97. The number of nitrogens with zero attached hydrogens (tertiary/aromatic N) is 2. The minimum atomic E-state index is -1.05. The smallest absolute Gasteiger partial charge is 0.358 e. The van der Waals surface area contributed by atoms with Gasteiger partial charge in [-0.05, 0) is 45.0 Å². The molecule has 1 aliphatic rings. The molecule has 98 valence electrons. The lowest BCUT2D eigenvalue weighted by atomic mass is 10.1. The third-order valence-corrected chi connectivity index (χ3v) is 3.35. The zero-order valence-corrected chi connectivity index (χ0v) is 10.5. The number of ether oxygens (including phenoxy) is 1. The predicted octanol–water partition coefficient (Wildman–Crippen LogP) is 1.64. The Labute approximate surface area is 106 Å². The molecule has 1 aromatic heterocycles. The largest absolute Gasteiger partial charge is 0.491 e. The lowest BCUT2D eigenvalue weighted by Gasteiger charge is -2.19. The number of aromatic nitrogens is 1. The monoisotopic (exact) mass is 250 g/mol. The van der Waals surface area contributed by atoms with Crippen LogP contribution in [-0.2, 0) is 0 Å². The summed E-state index contributed by atoms with van der Waals surface area (Å²) in [4.78, 5) is 17.1. The van der Waals surface area contributed by atoms with E-state index >= 15 is 0 Å². The maximum Gasteiger partial charge on any atom is 0.358 e. The second kappa shape index (κ2) is 5.82. The van der Waals surface area contributed by atoms with Crippen molar-refractivity contribution in [3.8, 4) is 5.75 Å². The summed E-state index contributed by atoms with van der Waals surface area (Å²) in [5.41, 5.74) is -0.0164. The van der Waals surface area contributed by atoms with Gasteiger partial charge in [-0.25, -0.2) is 9.78 Å². The van der Waals surface area contributed by atoms with Gasteiger partial charge in [-0.2, -0.15) is 0 Å². The molecular weight excluding hydrogens is 232 g/mol. The van der Waals surface area contributed by atoms with Gasteiger partial charge < -0.3 is 14.7 Å². The van der Waals surface area contributed by atoms with E-state index in [1.807, 2.05) is 0 Å².